The predicted octanol–water partition coefficient (Wildman–Crippen LogP) is 1.72. The number of alkyl halides is 3. The summed E-state index contributed by atoms with van der Waals surface area (Å²) in [6, 6.07) is 9.45. The summed E-state index contributed by atoms with van der Waals surface area (Å²) >= 11 is 0. The van der Waals surface area contributed by atoms with Gasteiger partial charge in [0.25, 0.3) is 5.91 Å². The Morgan fingerprint density at radius 1 is 1.00 bits per heavy atom. The van der Waals surface area contributed by atoms with Crippen LogP contribution in [0.2, 0.25) is 0 Å². The first kappa shape index (κ1) is 21.0. The molecule has 4 heterocycles. The first-order valence-electron chi connectivity index (χ1n) is 8.80. The number of carboxylic acids is 1. The maximum Gasteiger partial charge on any atom is 0.490 e. The van der Waals surface area contributed by atoms with E-state index < -0.39 is 12.1 Å². The number of fused-ring (bicyclic) bond motifs is 1. The van der Waals surface area contributed by atoms with Crippen LogP contribution in [0.15, 0.2) is 49.1 Å². The largest absolute Gasteiger partial charge is 0.490 e. The number of amides is 1. The SMILES string of the molecule is O=C(O)C(F)(F)F.O=C(c1cccc2ncnn12)N1CCN(c2ccncc2)CC1. The van der Waals surface area contributed by atoms with Gasteiger partial charge in [0.05, 0.1) is 0 Å². The normalized spacial score (nSPS) is 14.2. The van der Waals surface area contributed by atoms with Gasteiger partial charge in [0.15, 0.2) is 5.65 Å². The highest BCUT2D eigenvalue weighted by molar-refractivity contribution is 5.93. The van der Waals surface area contributed by atoms with E-state index >= 15 is 0 Å². The Hall–Kier alpha value is -3.70. The van der Waals surface area contributed by atoms with Crippen molar-refractivity contribution in [2.75, 3.05) is 31.1 Å². The molecule has 9 nitrogen and oxygen atoms in total. The quantitative estimate of drug-likeness (QED) is 0.671. The number of aromatic nitrogens is 4. The van der Waals surface area contributed by atoms with Gasteiger partial charge < -0.3 is 14.9 Å². The molecular formula is C18H17F3N6O3. The molecule has 0 atom stereocenters. The number of piperazine rings is 1. The second kappa shape index (κ2) is 8.76. The van der Waals surface area contributed by atoms with Gasteiger partial charge in [0.2, 0.25) is 0 Å². The summed E-state index contributed by atoms with van der Waals surface area (Å²) in [7, 11) is 0. The first-order valence-corrected chi connectivity index (χ1v) is 8.80. The van der Waals surface area contributed by atoms with Crippen LogP contribution in [0.4, 0.5) is 18.9 Å². The summed E-state index contributed by atoms with van der Waals surface area (Å²) in [5, 5.41) is 11.3. The Balaban J connectivity index is 0.000000318. The van der Waals surface area contributed by atoms with E-state index in [9.17, 15) is 18.0 Å². The Kier molecular flexibility index (Phi) is 6.14. The Morgan fingerprint density at radius 2 is 1.63 bits per heavy atom. The van der Waals surface area contributed by atoms with Gasteiger partial charge in [0.1, 0.15) is 12.0 Å². The van der Waals surface area contributed by atoms with Gasteiger partial charge in [0, 0.05) is 44.3 Å². The van der Waals surface area contributed by atoms with Crippen molar-refractivity contribution in [3.05, 3.63) is 54.7 Å². The van der Waals surface area contributed by atoms with Gasteiger partial charge in [-0.05, 0) is 24.3 Å². The van der Waals surface area contributed by atoms with Gasteiger partial charge in [-0.15, -0.1) is 0 Å². The van der Waals surface area contributed by atoms with E-state index in [1.54, 1.807) is 23.0 Å². The number of anilines is 1. The van der Waals surface area contributed by atoms with Crippen LogP contribution in [0.3, 0.4) is 0 Å². The van der Waals surface area contributed by atoms with Crippen LogP contribution < -0.4 is 4.90 Å². The molecule has 0 radical (unpaired) electrons. The van der Waals surface area contributed by atoms with Crippen LogP contribution in [0.25, 0.3) is 5.65 Å². The lowest BCUT2D eigenvalue weighted by molar-refractivity contribution is -0.192. The summed E-state index contributed by atoms with van der Waals surface area (Å²) in [6.07, 6.45) is -0.0377. The molecule has 1 aliphatic heterocycles. The zero-order valence-corrected chi connectivity index (χ0v) is 15.5. The molecule has 1 N–H and O–H groups in total. The van der Waals surface area contributed by atoms with E-state index in [4.69, 9.17) is 9.90 Å². The highest BCUT2D eigenvalue weighted by Crippen LogP contribution is 2.16. The number of carboxylic acid groups (broad SMARTS) is 1. The van der Waals surface area contributed by atoms with Gasteiger partial charge in [-0.1, -0.05) is 6.07 Å². The minimum absolute atomic E-state index is 0.00419. The molecule has 30 heavy (non-hydrogen) atoms. The zero-order valence-electron chi connectivity index (χ0n) is 15.5. The van der Waals surface area contributed by atoms with Crippen molar-refractivity contribution in [3.8, 4) is 0 Å². The molecule has 1 fully saturated rings. The fourth-order valence-corrected chi connectivity index (χ4v) is 2.89. The number of halogens is 3. The molecule has 3 aromatic rings. The summed E-state index contributed by atoms with van der Waals surface area (Å²) in [5.74, 6) is -2.76. The Bertz CT molecular complexity index is 1020. The topological polar surface area (TPSA) is 104 Å². The lowest BCUT2D eigenvalue weighted by Crippen LogP contribution is -2.49. The van der Waals surface area contributed by atoms with Crippen molar-refractivity contribution in [3.63, 3.8) is 0 Å². The Labute approximate surface area is 168 Å². The van der Waals surface area contributed by atoms with Crippen LogP contribution in [0.5, 0.6) is 0 Å². The van der Waals surface area contributed by atoms with Crippen molar-refractivity contribution in [2.24, 2.45) is 0 Å². The van der Waals surface area contributed by atoms with Crippen molar-refractivity contribution in [1.82, 2.24) is 24.5 Å². The number of nitrogens with zero attached hydrogens (tertiary/aromatic N) is 6. The highest BCUT2D eigenvalue weighted by atomic mass is 19.4. The molecule has 0 aliphatic carbocycles. The van der Waals surface area contributed by atoms with Crippen LogP contribution in [0.1, 0.15) is 10.5 Å². The monoisotopic (exact) mass is 422 g/mol. The average Bonchev–Trinajstić information content (AvgIpc) is 3.23. The molecule has 1 aliphatic rings. The third kappa shape index (κ3) is 4.82. The number of rotatable bonds is 2. The molecule has 1 saturated heterocycles. The number of aliphatic carboxylic acids is 1. The smallest absolute Gasteiger partial charge is 0.475 e. The van der Waals surface area contributed by atoms with E-state index in [-0.39, 0.29) is 5.91 Å². The number of hydrogen-bond acceptors (Lipinski definition) is 6. The molecule has 3 aromatic heterocycles. The Morgan fingerprint density at radius 3 is 2.23 bits per heavy atom. The maximum atomic E-state index is 12.8. The molecular weight excluding hydrogens is 405 g/mol. The van der Waals surface area contributed by atoms with Gasteiger partial charge in [-0.25, -0.2) is 14.3 Å². The minimum Gasteiger partial charge on any atom is -0.475 e. The van der Waals surface area contributed by atoms with Crippen LogP contribution in [-0.2, 0) is 4.79 Å². The average molecular weight is 422 g/mol. The van der Waals surface area contributed by atoms with Crippen molar-refractivity contribution >= 4 is 23.2 Å². The molecule has 12 heteroatoms. The number of hydrogen-bond donors (Lipinski definition) is 1. The van der Waals surface area contributed by atoms with E-state index in [0.717, 1.165) is 18.8 Å². The molecule has 0 aromatic carbocycles. The molecule has 0 unspecified atom stereocenters. The van der Waals surface area contributed by atoms with Crippen molar-refractivity contribution < 1.29 is 27.9 Å². The molecule has 1 amide bonds. The number of carbonyl (C=O) groups excluding carboxylic acids is 1. The maximum absolute atomic E-state index is 12.8. The van der Waals surface area contributed by atoms with E-state index in [2.05, 4.69) is 20.0 Å². The second-order valence-corrected chi connectivity index (χ2v) is 6.23. The minimum atomic E-state index is -5.08. The fourth-order valence-electron chi connectivity index (χ4n) is 2.89. The molecule has 4 rings (SSSR count). The highest BCUT2D eigenvalue weighted by Gasteiger charge is 2.38. The van der Waals surface area contributed by atoms with Crippen molar-refractivity contribution in [1.29, 1.82) is 0 Å². The predicted molar refractivity (Wildman–Crippen MR) is 99.0 cm³/mol. The van der Waals surface area contributed by atoms with Crippen LogP contribution >= 0.6 is 0 Å². The molecule has 158 valence electrons. The summed E-state index contributed by atoms with van der Waals surface area (Å²) in [4.78, 5) is 34.0. The van der Waals surface area contributed by atoms with E-state index in [1.807, 2.05) is 29.2 Å². The lowest BCUT2D eigenvalue weighted by Gasteiger charge is -2.36. The second-order valence-electron chi connectivity index (χ2n) is 6.23. The van der Waals surface area contributed by atoms with E-state index in [0.29, 0.717) is 24.4 Å². The lowest BCUT2D eigenvalue weighted by atomic mass is 10.2. The summed E-state index contributed by atoms with van der Waals surface area (Å²) in [6.45, 7) is 2.99. The third-order valence-corrected chi connectivity index (χ3v) is 4.36. The zero-order chi connectivity index (χ0) is 21.7. The molecule has 0 saturated carbocycles. The summed E-state index contributed by atoms with van der Waals surface area (Å²) in [5.41, 5.74) is 2.38. The van der Waals surface area contributed by atoms with Crippen LogP contribution in [0, 0.1) is 0 Å². The number of carbonyl (C=O) groups is 2. The van der Waals surface area contributed by atoms with E-state index in [1.165, 1.54) is 6.33 Å². The van der Waals surface area contributed by atoms with Gasteiger partial charge >= 0.3 is 12.1 Å². The van der Waals surface area contributed by atoms with Crippen LogP contribution in [-0.4, -0.2) is 73.8 Å². The standard InChI is InChI=1S/C16H16N6O.C2HF3O2/c23-16(14-2-1-3-15-18-12-19-22(14)15)21-10-8-20(9-11-21)13-4-6-17-7-5-13;3-2(4,5)1(6)7/h1-7,12H,8-11H2;(H,6,7). The van der Waals surface area contributed by atoms with Gasteiger partial charge in [-0.3, -0.25) is 9.78 Å². The third-order valence-electron chi connectivity index (χ3n) is 4.36. The van der Waals surface area contributed by atoms with Crippen molar-refractivity contribution in [2.45, 2.75) is 6.18 Å². The molecule has 0 spiro atoms. The number of pyridine rings is 2. The van der Waals surface area contributed by atoms with Gasteiger partial charge in [-0.2, -0.15) is 18.3 Å². The first-order chi connectivity index (χ1) is 14.3. The molecule has 0 bridgehead atoms. The summed E-state index contributed by atoms with van der Waals surface area (Å²) < 4.78 is 33.3. The fraction of sp³-hybridized carbons (Fsp3) is 0.278.